The van der Waals surface area contributed by atoms with E-state index in [4.69, 9.17) is 0 Å². The predicted octanol–water partition coefficient (Wildman–Crippen LogP) is 5.76. The number of benzene rings is 3. The summed E-state index contributed by atoms with van der Waals surface area (Å²) < 4.78 is 4.36. The Balaban J connectivity index is 1.83. The molecule has 2 aromatic heterocycles. The van der Waals surface area contributed by atoms with Crippen LogP contribution in [0.3, 0.4) is 0 Å². The van der Waals surface area contributed by atoms with E-state index < -0.39 is 0 Å². The molecule has 0 saturated carbocycles. The maximum atomic E-state index is 9.78. The van der Waals surface area contributed by atoms with Crippen LogP contribution in [-0.2, 0) is 7.05 Å². The summed E-state index contributed by atoms with van der Waals surface area (Å²) in [4.78, 5) is 0. The van der Waals surface area contributed by atoms with Crippen molar-refractivity contribution in [1.82, 2.24) is 4.57 Å². The molecule has 0 amide bonds. The molecular formula is C27H22N3+. The molecule has 3 aromatic carbocycles. The normalized spacial score (nSPS) is 11.1. The molecule has 0 bridgehead atoms. The fourth-order valence-electron chi connectivity index (χ4n) is 4.44. The number of aryl methyl sites for hydroxylation is 2. The Morgan fingerprint density at radius 1 is 0.867 bits per heavy atom. The molecule has 0 aliphatic heterocycles. The van der Waals surface area contributed by atoms with Gasteiger partial charge >= 0.3 is 0 Å². The zero-order valence-electron chi connectivity index (χ0n) is 17.3. The summed E-state index contributed by atoms with van der Waals surface area (Å²) in [7, 11) is 2.07. The van der Waals surface area contributed by atoms with Crippen LogP contribution < -0.4 is 4.57 Å². The minimum atomic E-state index is 0.663. The number of nitriles is 1. The fourth-order valence-corrected chi connectivity index (χ4v) is 4.44. The van der Waals surface area contributed by atoms with Gasteiger partial charge < -0.3 is 4.57 Å². The quantitative estimate of drug-likeness (QED) is 0.354. The van der Waals surface area contributed by atoms with Gasteiger partial charge in [-0.1, -0.05) is 42.5 Å². The third-order valence-electron chi connectivity index (χ3n) is 5.93. The molecule has 0 aliphatic rings. The van der Waals surface area contributed by atoms with Crippen LogP contribution in [0, 0.1) is 25.2 Å². The molecule has 0 atom stereocenters. The van der Waals surface area contributed by atoms with E-state index in [9.17, 15) is 5.26 Å². The second-order valence-electron chi connectivity index (χ2n) is 7.87. The Morgan fingerprint density at radius 2 is 1.57 bits per heavy atom. The van der Waals surface area contributed by atoms with Gasteiger partial charge in [-0.2, -0.15) is 9.83 Å². The lowest BCUT2D eigenvalue weighted by atomic mass is 9.97. The van der Waals surface area contributed by atoms with Gasteiger partial charge in [0.1, 0.15) is 0 Å². The first-order valence-electron chi connectivity index (χ1n) is 10.1. The fraction of sp³-hybridized carbons (Fsp3) is 0.111. The van der Waals surface area contributed by atoms with E-state index in [1.807, 2.05) is 12.1 Å². The van der Waals surface area contributed by atoms with E-state index in [1.165, 1.54) is 21.5 Å². The molecule has 144 valence electrons. The largest absolute Gasteiger partial charge is 0.349 e. The number of hydrogen-bond acceptors (Lipinski definition) is 1. The standard InChI is InChI=1S/C27H22N3/c1-18-12-21-8-4-5-9-22(21)17-30(18)26-14-20(15-28)13-25(19(26)2)27-24-11-7-6-10-23(24)16-29(27)3/h4-14,16-17H,1-3H3/q+1. The third-order valence-corrected chi connectivity index (χ3v) is 5.93. The van der Waals surface area contributed by atoms with Gasteiger partial charge in [-0.15, -0.1) is 0 Å². The number of hydrogen-bond donors (Lipinski definition) is 0. The number of nitrogens with zero attached hydrogens (tertiary/aromatic N) is 3. The van der Waals surface area contributed by atoms with Gasteiger partial charge in [0.05, 0.1) is 17.3 Å². The molecular weight excluding hydrogens is 366 g/mol. The van der Waals surface area contributed by atoms with Crippen LogP contribution in [0.4, 0.5) is 0 Å². The maximum absolute atomic E-state index is 9.78. The molecule has 0 aliphatic carbocycles. The first-order valence-corrected chi connectivity index (χ1v) is 10.1. The van der Waals surface area contributed by atoms with E-state index in [1.54, 1.807) is 0 Å². The summed E-state index contributed by atoms with van der Waals surface area (Å²) >= 11 is 0. The molecule has 0 unspecified atom stereocenters. The van der Waals surface area contributed by atoms with Crippen LogP contribution >= 0.6 is 0 Å². The highest BCUT2D eigenvalue weighted by Gasteiger charge is 2.22. The van der Waals surface area contributed by atoms with Crippen molar-refractivity contribution in [3.63, 3.8) is 0 Å². The zero-order chi connectivity index (χ0) is 20.8. The number of fused-ring (bicyclic) bond motifs is 2. The van der Waals surface area contributed by atoms with Crippen LogP contribution in [0.5, 0.6) is 0 Å². The molecule has 3 heteroatoms. The zero-order valence-corrected chi connectivity index (χ0v) is 17.3. The topological polar surface area (TPSA) is 32.6 Å². The van der Waals surface area contributed by atoms with Crippen molar-refractivity contribution in [3.8, 4) is 23.0 Å². The molecule has 5 rings (SSSR count). The summed E-state index contributed by atoms with van der Waals surface area (Å²) in [6.45, 7) is 4.26. The van der Waals surface area contributed by atoms with E-state index in [-0.39, 0.29) is 0 Å². The van der Waals surface area contributed by atoms with Gasteiger partial charge in [0, 0.05) is 54.2 Å². The van der Waals surface area contributed by atoms with Gasteiger partial charge in [-0.05, 0) is 29.8 Å². The monoisotopic (exact) mass is 388 g/mol. The van der Waals surface area contributed by atoms with Crippen molar-refractivity contribution in [2.24, 2.45) is 7.05 Å². The van der Waals surface area contributed by atoms with Gasteiger partial charge in [0.2, 0.25) is 5.69 Å². The van der Waals surface area contributed by atoms with Crippen LogP contribution in [0.2, 0.25) is 0 Å². The molecule has 30 heavy (non-hydrogen) atoms. The van der Waals surface area contributed by atoms with Crippen molar-refractivity contribution >= 4 is 21.5 Å². The van der Waals surface area contributed by atoms with Crippen LogP contribution in [-0.4, -0.2) is 4.57 Å². The van der Waals surface area contributed by atoms with Crippen molar-refractivity contribution in [1.29, 1.82) is 5.26 Å². The molecule has 0 N–H and O–H groups in total. The van der Waals surface area contributed by atoms with E-state index in [0.29, 0.717) is 5.56 Å². The van der Waals surface area contributed by atoms with Crippen LogP contribution in [0.25, 0.3) is 38.5 Å². The Morgan fingerprint density at radius 3 is 2.33 bits per heavy atom. The molecule has 5 aromatic rings. The second kappa shape index (κ2) is 6.86. The average molecular weight is 388 g/mol. The van der Waals surface area contributed by atoms with Crippen LogP contribution in [0.1, 0.15) is 16.8 Å². The average Bonchev–Trinajstić information content (AvgIpc) is 3.09. The summed E-state index contributed by atoms with van der Waals surface area (Å²) in [5.41, 5.74) is 6.22. The van der Waals surface area contributed by atoms with Crippen LogP contribution in [0.15, 0.2) is 79.1 Å². The predicted molar refractivity (Wildman–Crippen MR) is 122 cm³/mol. The maximum Gasteiger partial charge on any atom is 0.215 e. The van der Waals surface area contributed by atoms with Gasteiger partial charge in [0.15, 0.2) is 11.9 Å². The number of rotatable bonds is 2. The van der Waals surface area contributed by atoms with E-state index >= 15 is 0 Å². The lowest BCUT2D eigenvalue weighted by Gasteiger charge is -2.12. The van der Waals surface area contributed by atoms with Crippen molar-refractivity contribution in [3.05, 3.63) is 95.9 Å². The highest BCUT2D eigenvalue weighted by molar-refractivity contribution is 5.97. The molecule has 0 spiro atoms. The smallest absolute Gasteiger partial charge is 0.215 e. The SMILES string of the molecule is Cc1c(-c2c3ccccc3cn2C)cc(C#N)cc1-[n+]1cc2ccccc2cc1C. The summed E-state index contributed by atoms with van der Waals surface area (Å²) in [6.07, 6.45) is 4.32. The summed E-state index contributed by atoms with van der Waals surface area (Å²) in [6, 6.07) is 25.4. The summed E-state index contributed by atoms with van der Waals surface area (Å²) in [5, 5.41) is 14.6. The number of aromatic nitrogens is 2. The minimum Gasteiger partial charge on any atom is -0.349 e. The molecule has 0 saturated heterocycles. The van der Waals surface area contributed by atoms with Crippen molar-refractivity contribution < 1.29 is 4.57 Å². The minimum absolute atomic E-state index is 0.663. The first-order chi connectivity index (χ1) is 14.6. The molecule has 0 fully saturated rings. The second-order valence-corrected chi connectivity index (χ2v) is 7.87. The lowest BCUT2D eigenvalue weighted by molar-refractivity contribution is -0.601. The van der Waals surface area contributed by atoms with Crippen molar-refractivity contribution in [2.75, 3.05) is 0 Å². The number of pyridine rings is 1. The van der Waals surface area contributed by atoms with Gasteiger partial charge in [0.25, 0.3) is 0 Å². The first kappa shape index (κ1) is 18.1. The van der Waals surface area contributed by atoms with Crippen molar-refractivity contribution in [2.45, 2.75) is 13.8 Å². The molecule has 2 heterocycles. The Bertz CT molecular complexity index is 1480. The lowest BCUT2D eigenvalue weighted by Crippen LogP contribution is -2.35. The Kier molecular flexibility index (Phi) is 4.15. The highest BCUT2D eigenvalue weighted by Crippen LogP contribution is 2.34. The highest BCUT2D eigenvalue weighted by atomic mass is 15.0. The van der Waals surface area contributed by atoms with E-state index in [2.05, 4.69) is 103 Å². The summed E-state index contributed by atoms with van der Waals surface area (Å²) in [5.74, 6) is 0. The van der Waals surface area contributed by atoms with E-state index in [0.717, 1.165) is 28.2 Å². The third kappa shape index (κ3) is 2.77. The molecule has 0 radical (unpaired) electrons. The molecule has 3 nitrogen and oxygen atoms in total. The Labute approximate surface area is 176 Å². The van der Waals surface area contributed by atoms with Gasteiger partial charge in [-0.3, -0.25) is 0 Å². The van der Waals surface area contributed by atoms with Gasteiger partial charge in [-0.25, -0.2) is 0 Å². The Hall–Kier alpha value is -3.90.